The molecule has 1 N–H and O–H groups in total. The van der Waals surface area contributed by atoms with Crippen molar-refractivity contribution in [2.24, 2.45) is 0 Å². The Morgan fingerprint density at radius 2 is 2.27 bits per heavy atom. The van der Waals surface area contributed by atoms with Gasteiger partial charge < -0.3 is 10.2 Å². The van der Waals surface area contributed by atoms with Gasteiger partial charge in [0.05, 0.1) is 18.3 Å². The third-order valence-electron chi connectivity index (χ3n) is 3.71. The lowest BCUT2D eigenvalue weighted by Gasteiger charge is -2.23. The first-order chi connectivity index (χ1) is 10.7. The number of aromatic nitrogens is 1. The van der Waals surface area contributed by atoms with Gasteiger partial charge in [0.25, 0.3) is 0 Å². The zero-order valence-corrected chi connectivity index (χ0v) is 12.9. The van der Waals surface area contributed by atoms with Gasteiger partial charge in [-0.05, 0) is 36.4 Å². The van der Waals surface area contributed by atoms with Crippen LogP contribution >= 0.6 is 11.3 Å². The highest BCUT2D eigenvalue weighted by Crippen LogP contribution is 2.21. The van der Waals surface area contributed by atoms with Crippen LogP contribution in [-0.2, 0) is 16.0 Å². The van der Waals surface area contributed by atoms with E-state index in [9.17, 15) is 9.59 Å². The Bertz CT molecular complexity index is 643. The van der Waals surface area contributed by atoms with Gasteiger partial charge in [-0.15, -0.1) is 11.3 Å². The highest BCUT2D eigenvalue weighted by molar-refractivity contribution is 7.10. The zero-order chi connectivity index (χ0) is 15.4. The Morgan fingerprint density at radius 1 is 1.36 bits per heavy atom. The van der Waals surface area contributed by atoms with E-state index in [-0.39, 0.29) is 17.9 Å². The van der Waals surface area contributed by atoms with Gasteiger partial charge in [-0.1, -0.05) is 6.07 Å². The standard InChI is InChI=1S/C16H17N3O2S/c20-15(10-13-5-3-9-22-13)19-8-2-6-14(19)16(21)18-12-4-1-7-17-11-12/h1,3-5,7,9,11,14H,2,6,8,10H2,(H,18,21). The molecule has 0 spiro atoms. The first-order valence-electron chi connectivity index (χ1n) is 7.27. The molecule has 2 aromatic heterocycles. The summed E-state index contributed by atoms with van der Waals surface area (Å²) < 4.78 is 0. The van der Waals surface area contributed by atoms with Gasteiger partial charge in [0.15, 0.2) is 0 Å². The Balaban J connectivity index is 1.64. The number of hydrogen-bond donors (Lipinski definition) is 1. The topological polar surface area (TPSA) is 62.3 Å². The summed E-state index contributed by atoms with van der Waals surface area (Å²) in [6.45, 7) is 0.648. The van der Waals surface area contributed by atoms with Crippen molar-refractivity contribution in [2.45, 2.75) is 25.3 Å². The Labute approximate surface area is 133 Å². The lowest BCUT2D eigenvalue weighted by atomic mass is 10.2. The number of nitrogens with zero attached hydrogens (tertiary/aromatic N) is 2. The lowest BCUT2D eigenvalue weighted by Crippen LogP contribution is -2.43. The van der Waals surface area contributed by atoms with Crippen molar-refractivity contribution in [1.29, 1.82) is 0 Å². The Morgan fingerprint density at radius 3 is 3.00 bits per heavy atom. The summed E-state index contributed by atoms with van der Waals surface area (Å²) in [5.41, 5.74) is 0.657. The average Bonchev–Trinajstić information content (AvgIpc) is 3.19. The summed E-state index contributed by atoms with van der Waals surface area (Å²) in [4.78, 5) is 31.5. The quantitative estimate of drug-likeness (QED) is 0.942. The smallest absolute Gasteiger partial charge is 0.247 e. The van der Waals surface area contributed by atoms with E-state index in [1.54, 1.807) is 40.8 Å². The molecule has 0 aromatic carbocycles. The molecule has 1 aliphatic heterocycles. The summed E-state index contributed by atoms with van der Waals surface area (Å²) in [6.07, 6.45) is 5.20. The number of nitrogens with one attached hydrogen (secondary N) is 1. The van der Waals surface area contributed by atoms with Crippen LogP contribution in [0.4, 0.5) is 5.69 Å². The number of rotatable bonds is 4. The maximum atomic E-state index is 12.4. The fourth-order valence-corrected chi connectivity index (χ4v) is 3.36. The van der Waals surface area contributed by atoms with E-state index in [0.29, 0.717) is 25.1 Å². The monoisotopic (exact) mass is 315 g/mol. The summed E-state index contributed by atoms with van der Waals surface area (Å²) in [7, 11) is 0. The summed E-state index contributed by atoms with van der Waals surface area (Å²) >= 11 is 1.57. The minimum Gasteiger partial charge on any atom is -0.330 e. The number of amides is 2. The molecule has 1 unspecified atom stereocenters. The highest BCUT2D eigenvalue weighted by Gasteiger charge is 2.34. The molecule has 1 saturated heterocycles. The molecule has 0 radical (unpaired) electrons. The van der Waals surface area contributed by atoms with E-state index < -0.39 is 0 Å². The van der Waals surface area contributed by atoms with E-state index in [1.165, 1.54) is 0 Å². The van der Waals surface area contributed by atoms with E-state index in [1.807, 2.05) is 17.5 Å². The number of thiophene rings is 1. The molecule has 1 atom stereocenters. The molecule has 114 valence electrons. The van der Waals surface area contributed by atoms with Gasteiger partial charge in [0.1, 0.15) is 6.04 Å². The number of pyridine rings is 1. The molecule has 2 aromatic rings. The van der Waals surface area contributed by atoms with Crippen LogP contribution in [0.5, 0.6) is 0 Å². The maximum Gasteiger partial charge on any atom is 0.247 e. The first kappa shape index (κ1) is 14.7. The third kappa shape index (κ3) is 3.33. The van der Waals surface area contributed by atoms with Crippen molar-refractivity contribution in [3.05, 3.63) is 46.9 Å². The van der Waals surface area contributed by atoms with Gasteiger partial charge in [0.2, 0.25) is 11.8 Å². The predicted octanol–water partition coefficient (Wildman–Crippen LogP) is 2.32. The second-order valence-electron chi connectivity index (χ2n) is 5.23. The molecule has 1 fully saturated rings. The second kappa shape index (κ2) is 6.70. The summed E-state index contributed by atoms with van der Waals surface area (Å²) in [6, 6.07) is 7.06. The number of carbonyl (C=O) groups is 2. The van der Waals surface area contributed by atoms with Crippen molar-refractivity contribution < 1.29 is 9.59 Å². The van der Waals surface area contributed by atoms with Gasteiger partial charge in [0, 0.05) is 17.6 Å². The first-order valence-corrected chi connectivity index (χ1v) is 8.15. The molecule has 0 bridgehead atoms. The molecule has 1 aliphatic rings. The van der Waals surface area contributed by atoms with Crippen molar-refractivity contribution >= 4 is 28.8 Å². The molecule has 22 heavy (non-hydrogen) atoms. The fraction of sp³-hybridized carbons (Fsp3) is 0.312. The van der Waals surface area contributed by atoms with Gasteiger partial charge in [-0.3, -0.25) is 14.6 Å². The molecule has 0 saturated carbocycles. The van der Waals surface area contributed by atoms with E-state index in [4.69, 9.17) is 0 Å². The minimum absolute atomic E-state index is 0.0197. The van der Waals surface area contributed by atoms with Crippen molar-refractivity contribution in [3.63, 3.8) is 0 Å². The number of carbonyl (C=O) groups excluding carboxylic acids is 2. The Kier molecular flexibility index (Phi) is 4.48. The Hall–Kier alpha value is -2.21. The van der Waals surface area contributed by atoms with E-state index in [0.717, 1.165) is 11.3 Å². The molecule has 0 aliphatic carbocycles. The summed E-state index contributed by atoms with van der Waals surface area (Å²) in [5, 5.41) is 4.79. The highest BCUT2D eigenvalue weighted by atomic mass is 32.1. The molecular weight excluding hydrogens is 298 g/mol. The van der Waals surface area contributed by atoms with E-state index >= 15 is 0 Å². The molecular formula is C16H17N3O2S. The average molecular weight is 315 g/mol. The van der Waals surface area contributed by atoms with Crippen LogP contribution in [0.25, 0.3) is 0 Å². The zero-order valence-electron chi connectivity index (χ0n) is 12.1. The minimum atomic E-state index is -0.382. The van der Waals surface area contributed by atoms with Crippen LogP contribution in [0, 0.1) is 0 Å². The SMILES string of the molecule is O=C(Nc1cccnc1)C1CCCN1C(=O)Cc1cccs1. The number of likely N-dealkylation sites (tertiary alicyclic amines) is 1. The van der Waals surface area contributed by atoms with Crippen LogP contribution in [0.2, 0.25) is 0 Å². The molecule has 3 heterocycles. The van der Waals surface area contributed by atoms with Crippen LogP contribution in [-0.4, -0.2) is 34.3 Å². The fourth-order valence-electron chi connectivity index (χ4n) is 2.66. The molecule has 6 heteroatoms. The van der Waals surface area contributed by atoms with Gasteiger partial charge in [-0.25, -0.2) is 0 Å². The van der Waals surface area contributed by atoms with Crippen LogP contribution < -0.4 is 5.32 Å². The lowest BCUT2D eigenvalue weighted by molar-refractivity contribution is -0.136. The van der Waals surface area contributed by atoms with Crippen LogP contribution in [0.3, 0.4) is 0 Å². The second-order valence-corrected chi connectivity index (χ2v) is 6.26. The van der Waals surface area contributed by atoms with Gasteiger partial charge in [-0.2, -0.15) is 0 Å². The van der Waals surface area contributed by atoms with Crippen molar-refractivity contribution in [1.82, 2.24) is 9.88 Å². The normalized spacial score (nSPS) is 17.5. The van der Waals surface area contributed by atoms with Crippen LogP contribution in [0.15, 0.2) is 42.0 Å². The maximum absolute atomic E-state index is 12.4. The molecule has 2 amide bonds. The summed E-state index contributed by atoms with van der Waals surface area (Å²) in [5.74, 6) is -0.115. The third-order valence-corrected chi connectivity index (χ3v) is 4.59. The predicted molar refractivity (Wildman–Crippen MR) is 85.6 cm³/mol. The largest absolute Gasteiger partial charge is 0.330 e. The number of anilines is 1. The van der Waals surface area contributed by atoms with Crippen molar-refractivity contribution in [2.75, 3.05) is 11.9 Å². The van der Waals surface area contributed by atoms with Gasteiger partial charge >= 0.3 is 0 Å². The van der Waals surface area contributed by atoms with Crippen LogP contribution in [0.1, 0.15) is 17.7 Å². The van der Waals surface area contributed by atoms with Crippen molar-refractivity contribution in [3.8, 4) is 0 Å². The molecule has 5 nitrogen and oxygen atoms in total. The van der Waals surface area contributed by atoms with E-state index in [2.05, 4.69) is 10.3 Å². The number of hydrogen-bond acceptors (Lipinski definition) is 4. The molecule has 3 rings (SSSR count).